The fraction of sp³-hybridized carbons (Fsp3) is 0.588. The van der Waals surface area contributed by atoms with Crippen LogP contribution in [0.4, 0.5) is 5.69 Å². The Morgan fingerprint density at radius 2 is 2.14 bits per heavy atom. The first-order valence-electron chi connectivity index (χ1n) is 7.78. The molecule has 1 aromatic carbocycles. The maximum atomic E-state index is 12.3. The van der Waals surface area contributed by atoms with Crippen LogP contribution in [0.15, 0.2) is 24.3 Å². The van der Waals surface area contributed by atoms with Crippen LogP contribution in [-0.2, 0) is 11.3 Å². The van der Waals surface area contributed by atoms with Crippen molar-refractivity contribution < 1.29 is 4.79 Å². The second kappa shape index (κ2) is 6.48. The lowest BCUT2D eigenvalue weighted by molar-refractivity contribution is -0.121. The zero-order chi connectivity index (χ0) is 15.5. The molecule has 0 bridgehead atoms. The van der Waals surface area contributed by atoms with E-state index in [0.29, 0.717) is 12.6 Å². The maximum Gasteiger partial charge on any atom is 0.239 e. The van der Waals surface area contributed by atoms with E-state index in [0.717, 1.165) is 19.5 Å². The summed E-state index contributed by atoms with van der Waals surface area (Å²) in [4.78, 5) is 14.5. The van der Waals surface area contributed by atoms with Crippen LogP contribution in [0.1, 0.15) is 39.7 Å². The van der Waals surface area contributed by atoms with Crippen molar-refractivity contribution in [1.29, 1.82) is 0 Å². The van der Waals surface area contributed by atoms with E-state index in [9.17, 15) is 4.79 Å². The number of benzene rings is 1. The number of hydrogen-bond donors (Lipinski definition) is 2. The lowest BCUT2D eigenvalue weighted by Gasteiger charge is -2.29. The molecule has 1 aromatic rings. The number of carbonyl (C=O) groups excluding carboxylic acids is 1. The third-order valence-corrected chi connectivity index (χ3v) is 4.16. The van der Waals surface area contributed by atoms with Crippen LogP contribution in [0.25, 0.3) is 0 Å². The van der Waals surface area contributed by atoms with Crippen molar-refractivity contribution in [2.45, 2.75) is 52.2 Å². The topological polar surface area (TPSA) is 44.4 Å². The minimum atomic E-state index is -0.147. The molecule has 21 heavy (non-hydrogen) atoms. The number of amides is 1. The summed E-state index contributed by atoms with van der Waals surface area (Å²) >= 11 is 0. The number of para-hydroxylation sites is 1. The molecule has 1 atom stereocenters. The van der Waals surface area contributed by atoms with Gasteiger partial charge in [0.25, 0.3) is 0 Å². The molecule has 0 saturated heterocycles. The van der Waals surface area contributed by atoms with Crippen molar-refractivity contribution in [2.24, 2.45) is 0 Å². The van der Waals surface area contributed by atoms with Gasteiger partial charge in [0.1, 0.15) is 0 Å². The molecule has 1 aliphatic heterocycles. The highest BCUT2D eigenvalue weighted by Crippen LogP contribution is 2.23. The largest absolute Gasteiger partial charge is 0.360 e. The SMILES string of the molecule is CCC(C)(C)NC(=O)CN1CC(C)NCc2ccccc21. The summed E-state index contributed by atoms with van der Waals surface area (Å²) in [6, 6.07) is 8.68. The van der Waals surface area contributed by atoms with Crippen molar-refractivity contribution in [3.05, 3.63) is 29.8 Å². The Balaban J connectivity index is 2.12. The number of fused-ring (bicyclic) bond motifs is 1. The Hall–Kier alpha value is -1.55. The minimum Gasteiger partial charge on any atom is -0.360 e. The molecular formula is C17H27N3O. The van der Waals surface area contributed by atoms with Crippen LogP contribution < -0.4 is 15.5 Å². The van der Waals surface area contributed by atoms with Gasteiger partial charge in [-0.2, -0.15) is 0 Å². The van der Waals surface area contributed by atoms with Crippen molar-refractivity contribution in [2.75, 3.05) is 18.0 Å². The van der Waals surface area contributed by atoms with E-state index in [-0.39, 0.29) is 11.4 Å². The Morgan fingerprint density at radius 1 is 1.43 bits per heavy atom. The fourth-order valence-electron chi connectivity index (χ4n) is 2.57. The minimum absolute atomic E-state index is 0.0887. The van der Waals surface area contributed by atoms with E-state index in [2.05, 4.69) is 61.4 Å². The second-order valence-corrected chi connectivity index (χ2v) is 6.58. The second-order valence-electron chi connectivity index (χ2n) is 6.58. The van der Waals surface area contributed by atoms with Gasteiger partial charge in [-0.1, -0.05) is 25.1 Å². The lowest BCUT2D eigenvalue weighted by atomic mass is 10.0. The maximum absolute atomic E-state index is 12.3. The molecule has 0 saturated carbocycles. The van der Waals surface area contributed by atoms with E-state index >= 15 is 0 Å². The van der Waals surface area contributed by atoms with Crippen molar-refractivity contribution in [3.63, 3.8) is 0 Å². The molecule has 4 nitrogen and oxygen atoms in total. The van der Waals surface area contributed by atoms with Gasteiger partial charge in [0.2, 0.25) is 5.91 Å². The quantitative estimate of drug-likeness (QED) is 0.894. The summed E-state index contributed by atoms with van der Waals surface area (Å²) in [5.41, 5.74) is 2.27. The Labute approximate surface area is 127 Å². The van der Waals surface area contributed by atoms with Gasteiger partial charge in [-0.25, -0.2) is 0 Å². The van der Waals surface area contributed by atoms with Crippen molar-refractivity contribution in [1.82, 2.24) is 10.6 Å². The summed E-state index contributed by atoms with van der Waals surface area (Å²) in [6.07, 6.45) is 0.924. The van der Waals surface area contributed by atoms with Crippen LogP contribution in [0, 0.1) is 0 Å². The standard InChI is InChI=1S/C17H27N3O/c1-5-17(3,4)19-16(21)12-20-11-13(2)18-10-14-8-6-7-9-15(14)20/h6-9,13,18H,5,10-12H2,1-4H3,(H,19,21). The zero-order valence-electron chi connectivity index (χ0n) is 13.6. The molecule has 2 N–H and O–H groups in total. The smallest absolute Gasteiger partial charge is 0.239 e. The molecule has 1 unspecified atom stereocenters. The number of rotatable bonds is 4. The molecule has 1 amide bonds. The molecule has 0 spiro atoms. The normalized spacial score (nSPS) is 18.9. The van der Waals surface area contributed by atoms with Gasteiger partial charge < -0.3 is 15.5 Å². The van der Waals surface area contributed by atoms with E-state index in [1.54, 1.807) is 0 Å². The first-order valence-corrected chi connectivity index (χ1v) is 7.78. The summed E-state index contributed by atoms with van der Waals surface area (Å²) in [5.74, 6) is 0.0887. The number of hydrogen-bond acceptors (Lipinski definition) is 3. The van der Waals surface area contributed by atoms with Gasteiger partial charge >= 0.3 is 0 Å². The molecule has 4 heteroatoms. The van der Waals surface area contributed by atoms with Crippen LogP contribution in [-0.4, -0.2) is 30.6 Å². The zero-order valence-corrected chi connectivity index (χ0v) is 13.6. The molecular weight excluding hydrogens is 262 g/mol. The van der Waals surface area contributed by atoms with Crippen molar-refractivity contribution >= 4 is 11.6 Å². The van der Waals surface area contributed by atoms with E-state index in [1.165, 1.54) is 11.3 Å². The van der Waals surface area contributed by atoms with E-state index in [4.69, 9.17) is 0 Å². The Bertz CT molecular complexity index is 499. The van der Waals surface area contributed by atoms with E-state index < -0.39 is 0 Å². The number of nitrogens with one attached hydrogen (secondary N) is 2. The van der Waals surface area contributed by atoms with Crippen LogP contribution in [0.2, 0.25) is 0 Å². The fourth-order valence-corrected chi connectivity index (χ4v) is 2.57. The van der Waals surface area contributed by atoms with Crippen LogP contribution in [0.5, 0.6) is 0 Å². The van der Waals surface area contributed by atoms with E-state index in [1.807, 2.05) is 6.07 Å². The molecule has 0 aliphatic carbocycles. The van der Waals surface area contributed by atoms with Crippen molar-refractivity contribution in [3.8, 4) is 0 Å². The number of anilines is 1. The van der Waals surface area contributed by atoms with Gasteiger partial charge in [-0.05, 0) is 38.8 Å². The summed E-state index contributed by atoms with van der Waals surface area (Å²) in [5, 5.41) is 6.61. The van der Waals surface area contributed by atoms with Crippen LogP contribution in [0.3, 0.4) is 0 Å². The number of carbonyl (C=O) groups is 1. The predicted molar refractivity (Wildman–Crippen MR) is 87.5 cm³/mol. The first kappa shape index (κ1) is 15.8. The molecule has 0 fully saturated rings. The molecule has 2 rings (SSSR count). The van der Waals surface area contributed by atoms with Gasteiger partial charge in [0, 0.05) is 30.4 Å². The third kappa shape index (κ3) is 4.21. The highest BCUT2D eigenvalue weighted by atomic mass is 16.2. The summed E-state index contributed by atoms with van der Waals surface area (Å²) in [6.45, 7) is 10.5. The van der Waals surface area contributed by atoms with Gasteiger partial charge in [-0.15, -0.1) is 0 Å². The molecule has 0 aromatic heterocycles. The third-order valence-electron chi connectivity index (χ3n) is 4.16. The highest BCUT2D eigenvalue weighted by molar-refractivity contribution is 5.82. The average Bonchev–Trinajstić information content (AvgIpc) is 2.58. The monoisotopic (exact) mass is 289 g/mol. The lowest BCUT2D eigenvalue weighted by Crippen LogP contribution is -2.48. The van der Waals surface area contributed by atoms with Gasteiger partial charge in [0.15, 0.2) is 0 Å². The Kier molecular flexibility index (Phi) is 4.88. The number of nitrogens with zero attached hydrogens (tertiary/aromatic N) is 1. The van der Waals surface area contributed by atoms with Gasteiger partial charge in [-0.3, -0.25) is 4.79 Å². The molecule has 1 heterocycles. The Morgan fingerprint density at radius 3 is 2.86 bits per heavy atom. The molecule has 1 aliphatic rings. The highest BCUT2D eigenvalue weighted by Gasteiger charge is 2.23. The summed E-state index contributed by atoms with van der Waals surface area (Å²) in [7, 11) is 0. The predicted octanol–water partition coefficient (Wildman–Crippen LogP) is 2.29. The molecule has 0 radical (unpaired) electrons. The van der Waals surface area contributed by atoms with Crippen LogP contribution >= 0.6 is 0 Å². The first-order chi connectivity index (χ1) is 9.91. The molecule has 116 valence electrons. The summed E-state index contributed by atoms with van der Waals surface area (Å²) < 4.78 is 0. The average molecular weight is 289 g/mol. The van der Waals surface area contributed by atoms with Gasteiger partial charge in [0.05, 0.1) is 6.54 Å².